The van der Waals surface area contributed by atoms with Gasteiger partial charge in [0.05, 0.1) is 0 Å². The summed E-state index contributed by atoms with van der Waals surface area (Å²) in [5.41, 5.74) is 2.91. The minimum absolute atomic E-state index is 0.817. The molecule has 118 valence electrons. The summed E-state index contributed by atoms with van der Waals surface area (Å²) < 4.78 is 0. The minimum atomic E-state index is 0.817. The van der Waals surface area contributed by atoms with Gasteiger partial charge in [0.1, 0.15) is 0 Å². The fourth-order valence-corrected chi connectivity index (χ4v) is 3.40. The summed E-state index contributed by atoms with van der Waals surface area (Å²) in [6.45, 7) is 8.90. The van der Waals surface area contributed by atoms with Crippen LogP contribution in [-0.2, 0) is 13.0 Å². The van der Waals surface area contributed by atoms with Crippen molar-refractivity contribution >= 4 is 0 Å². The number of benzene rings is 1. The molecule has 2 nitrogen and oxygen atoms in total. The van der Waals surface area contributed by atoms with E-state index in [4.69, 9.17) is 0 Å². The second-order valence-electron chi connectivity index (χ2n) is 6.27. The van der Waals surface area contributed by atoms with Gasteiger partial charge in [-0.25, -0.2) is 0 Å². The topological polar surface area (TPSA) is 15.3 Å². The summed E-state index contributed by atoms with van der Waals surface area (Å²) in [6, 6.07) is 10.1. The van der Waals surface area contributed by atoms with Crippen LogP contribution in [0, 0.1) is 0 Å². The maximum absolute atomic E-state index is 3.39. The Bertz CT molecular complexity index is 379. The van der Waals surface area contributed by atoms with Gasteiger partial charge in [0, 0.05) is 12.6 Å². The van der Waals surface area contributed by atoms with E-state index in [2.05, 4.69) is 48.3 Å². The van der Waals surface area contributed by atoms with E-state index >= 15 is 0 Å². The standard InChI is InChI=1S/C19H32N2/c1-3-20-15-14-17-10-12-18(13-11-17)16-21(4-2)19-8-6-5-7-9-19/h10-13,19-20H,3-9,14-16H2,1-2H3. The summed E-state index contributed by atoms with van der Waals surface area (Å²) >= 11 is 0. The van der Waals surface area contributed by atoms with Crippen molar-refractivity contribution in [3.8, 4) is 0 Å². The van der Waals surface area contributed by atoms with Crippen molar-refractivity contribution in [2.75, 3.05) is 19.6 Å². The number of hydrogen-bond donors (Lipinski definition) is 1. The quantitative estimate of drug-likeness (QED) is 0.728. The zero-order valence-electron chi connectivity index (χ0n) is 13.9. The zero-order chi connectivity index (χ0) is 14.9. The van der Waals surface area contributed by atoms with Gasteiger partial charge >= 0.3 is 0 Å². The molecule has 1 aliphatic rings. The van der Waals surface area contributed by atoms with E-state index in [1.54, 1.807) is 0 Å². The Labute approximate surface area is 130 Å². The Hall–Kier alpha value is -0.860. The predicted octanol–water partition coefficient (Wildman–Crippen LogP) is 3.99. The molecule has 0 bridgehead atoms. The van der Waals surface area contributed by atoms with Gasteiger partial charge in [0.2, 0.25) is 0 Å². The monoisotopic (exact) mass is 288 g/mol. The van der Waals surface area contributed by atoms with Gasteiger partial charge in [-0.3, -0.25) is 4.90 Å². The molecule has 0 amide bonds. The molecule has 21 heavy (non-hydrogen) atoms. The van der Waals surface area contributed by atoms with Gasteiger partial charge in [-0.2, -0.15) is 0 Å². The van der Waals surface area contributed by atoms with Crippen molar-refractivity contribution in [3.63, 3.8) is 0 Å². The number of likely N-dealkylation sites (N-methyl/N-ethyl adjacent to an activating group) is 1. The first-order chi connectivity index (χ1) is 10.3. The molecule has 1 aromatic rings. The van der Waals surface area contributed by atoms with Crippen LogP contribution in [0.4, 0.5) is 0 Å². The molecule has 0 heterocycles. The van der Waals surface area contributed by atoms with Crippen LogP contribution in [0.3, 0.4) is 0 Å². The molecule has 0 spiro atoms. The number of rotatable bonds is 8. The molecular weight excluding hydrogens is 256 g/mol. The lowest BCUT2D eigenvalue weighted by Crippen LogP contribution is -2.36. The molecule has 1 aromatic carbocycles. The second-order valence-corrected chi connectivity index (χ2v) is 6.27. The molecule has 0 atom stereocenters. The van der Waals surface area contributed by atoms with Gasteiger partial charge in [-0.1, -0.05) is 57.4 Å². The van der Waals surface area contributed by atoms with Crippen LogP contribution >= 0.6 is 0 Å². The summed E-state index contributed by atoms with van der Waals surface area (Å²) in [7, 11) is 0. The Morgan fingerprint density at radius 3 is 2.29 bits per heavy atom. The second kappa shape index (κ2) is 9.22. The van der Waals surface area contributed by atoms with E-state index in [0.29, 0.717) is 0 Å². The molecule has 2 rings (SSSR count). The molecule has 1 saturated carbocycles. The lowest BCUT2D eigenvalue weighted by molar-refractivity contribution is 0.156. The van der Waals surface area contributed by atoms with Crippen LogP contribution in [-0.4, -0.2) is 30.6 Å². The summed E-state index contributed by atoms with van der Waals surface area (Å²) in [6.07, 6.45) is 8.21. The number of nitrogens with one attached hydrogen (secondary N) is 1. The van der Waals surface area contributed by atoms with Gasteiger partial charge in [-0.05, 0) is 50.0 Å². The third-order valence-electron chi connectivity index (χ3n) is 4.75. The Morgan fingerprint density at radius 1 is 1.00 bits per heavy atom. The minimum Gasteiger partial charge on any atom is -0.317 e. The highest BCUT2D eigenvalue weighted by Crippen LogP contribution is 2.23. The van der Waals surface area contributed by atoms with Gasteiger partial charge in [0.15, 0.2) is 0 Å². The highest BCUT2D eigenvalue weighted by molar-refractivity contribution is 5.22. The molecule has 0 aromatic heterocycles. The van der Waals surface area contributed by atoms with Crippen LogP contribution in [0.25, 0.3) is 0 Å². The lowest BCUT2D eigenvalue weighted by atomic mass is 9.94. The van der Waals surface area contributed by atoms with Crippen LogP contribution in [0.15, 0.2) is 24.3 Å². The first kappa shape index (κ1) is 16.5. The van der Waals surface area contributed by atoms with Crippen molar-refractivity contribution < 1.29 is 0 Å². The third kappa shape index (κ3) is 5.44. The first-order valence-corrected chi connectivity index (χ1v) is 8.86. The van der Waals surface area contributed by atoms with Gasteiger partial charge < -0.3 is 5.32 Å². The van der Waals surface area contributed by atoms with Crippen molar-refractivity contribution in [3.05, 3.63) is 35.4 Å². The summed E-state index contributed by atoms with van der Waals surface area (Å²) in [4.78, 5) is 2.67. The maximum atomic E-state index is 3.39. The Balaban J connectivity index is 1.85. The maximum Gasteiger partial charge on any atom is 0.0236 e. The normalized spacial score (nSPS) is 16.5. The predicted molar refractivity (Wildman–Crippen MR) is 91.6 cm³/mol. The molecule has 2 heteroatoms. The number of hydrogen-bond acceptors (Lipinski definition) is 2. The Morgan fingerprint density at radius 2 is 1.67 bits per heavy atom. The van der Waals surface area contributed by atoms with Crippen molar-refractivity contribution in [1.82, 2.24) is 10.2 Å². The van der Waals surface area contributed by atoms with E-state index in [1.165, 1.54) is 49.8 Å². The molecular formula is C19H32N2. The molecule has 0 unspecified atom stereocenters. The van der Waals surface area contributed by atoms with Gasteiger partial charge in [0.25, 0.3) is 0 Å². The fourth-order valence-electron chi connectivity index (χ4n) is 3.40. The molecule has 1 N–H and O–H groups in total. The average molecular weight is 288 g/mol. The molecule has 1 aliphatic carbocycles. The molecule has 0 aliphatic heterocycles. The molecule has 0 radical (unpaired) electrons. The van der Waals surface area contributed by atoms with Crippen LogP contribution in [0.1, 0.15) is 57.1 Å². The van der Waals surface area contributed by atoms with Crippen molar-refractivity contribution in [2.45, 2.75) is 65.0 Å². The smallest absolute Gasteiger partial charge is 0.0236 e. The van der Waals surface area contributed by atoms with E-state index in [-0.39, 0.29) is 0 Å². The molecule has 1 fully saturated rings. The first-order valence-electron chi connectivity index (χ1n) is 8.86. The lowest BCUT2D eigenvalue weighted by Gasteiger charge is -2.33. The van der Waals surface area contributed by atoms with Gasteiger partial charge in [-0.15, -0.1) is 0 Å². The largest absolute Gasteiger partial charge is 0.317 e. The Kier molecular flexibility index (Phi) is 7.25. The van der Waals surface area contributed by atoms with Crippen molar-refractivity contribution in [2.24, 2.45) is 0 Å². The van der Waals surface area contributed by atoms with Crippen LogP contribution < -0.4 is 5.32 Å². The number of nitrogens with zero attached hydrogens (tertiary/aromatic N) is 1. The highest BCUT2D eigenvalue weighted by Gasteiger charge is 2.19. The SMILES string of the molecule is CCNCCc1ccc(CN(CC)C2CCCCC2)cc1. The van der Waals surface area contributed by atoms with Crippen LogP contribution in [0.2, 0.25) is 0 Å². The average Bonchev–Trinajstić information content (AvgIpc) is 2.55. The van der Waals surface area contributed by atoms with Crippen LogP contribution in [0.5, 0.6) is 0 Å². The van der Waals surface area contributed by atoms with E-state index in [9.17, 15) is 0 Å². The highest BCUT2D eigenvalue weighted by atomic mass is 15.1. The van der Waals surface area contributed by atoms with E-state index in [0.717, 1.165) is 32.1 Å². The molecule has 0 saturated heterocycles. The van der Waals surface area contributed by atoms with E-state index < -0.39 is 0 Å². The summed E-state index contributed by atoms with van der Waals surface area (Å²) in [5.74, 6) is 0. The zero-order valence-corrected chi connectivity index (χ0v) is 13.9. The van der Waals surface area contributed by atoms with Crippen molar-refractivity contribution in [1.29, 1.82) is 0 Å². The fraction of sp³-hybridized carbons (Fsp3) is 0.684. The third-order valence-corrected chi connectivity index (χ3v) is 4.75. The van der Waals surface area contributed by atoms with E-state index in [1.807, 2.05) is 0 Å². The summed E-state index contributed by atoms with van der Waals surface area (Å²) in [5, 5.41) is 3.39.